The van der Waals surface area contributed by atoms with Gasteiger partial charge in [0.25, 0.3) is 0 Å². The first-order chi connectivity index (χ1) is 15.5. The molecule has 1 saturated carbocycles. The quantitative estimate of drug-likeness (QED) is 0.734. The number of urea groups is 1. The minimum absolute atomic E-state index is 0.0441. The molecule has 0 radical (unpaired) electrons. The molecule has 2 aliphatic rings. The van der Waals surface area contributed by atoms with Gasteiger partial charge in [0.1, 0.15) is 5.75 Å². The number of anilines is 1. The van der Waals surface area contributed by atoms with Crippen LogP contribution in [0.4, 0.5) is 10.5 Å². The maximum absolute atomic E-state index is 13.3. The van der Waals surface area contributed by atoms with Gasteiger partial charge in [0.05, 0.1) is 7.11 Å². The van der Waals surface area contributed by atoms with Gasteiger partial charge in [-0.15, -0.1) is 0 Å². The van der Waals surface area contributed by atoms with E-state index < -0.39 is 0 Å². The average molecular weight is 436 g/mol. The van der Waals surface area contributed by atoms with E-state index in [1.165, 1.54) is 11.1 Å². The van der Waals surface area contributed by atoms with Crippen LogP contribution in [0.25, 0.3) is 0 Å². The SMILES string of the molecule is COc1ccc(CNC(=O)NC2CCC(C(=O)N3CCCc4cc(C)ccc43)CC2)cc1. The second-order valence-corrected chi connectivity index (χ2v) is 8.95. The number of rotatable bonds is 5. The Hall–Kier alpha value is -3.02. The van der Waals surface area contributed by atoms with Crippen LogP contribution in [-0.4, -0.2) is 31.6 Å². The summed E-state index contributed by atoms with van der Waals surface area (Å²) >= 11 is 0. The van der Waals surface area contributed by atoms with Crippen molar-refractivity contribution >= 4 is 17.6 Å². The van der Waals surface area contributed by atoms with E-state index in [1.807, 2.05) is 29.2 Å². The van der Waals surface area contributed by atoms with Crippen molar-refractivity contribution in [2.24, 2.45) is 5.92 Å². The Balaban J connectivity index is 1.24. The van der Waals surface area contributed by atoms with Crippen LogP contribution in [0.5, 0.6) is 5.75 Å². The van der Waals surface area contributed by atoms with Crippen LogP contribution in [0.15, 0.2) is 42.5 Å². The summed E-state index contributed by atoms with van der Waals surface area (Å²) in [4.78, 5) is 27.6. The topological polar surface area (TPSA) is 70.7 Å². The second-order valence-electron chi connectivity index (χ2n) is 8.95. The first-order valence-corrected chi connectivity index (χ1v) is 11.6. The predicted molar refractivity (Wildman–Crippen MR) is 126 cm³/mol. The van der Waals surface area contributed by atoms with Gasteiger partial charge in [-0.2, -0.15) is 0 Å². The number of fused-ring (bicyclic) bond motifs is 1. The second kappa shape index (κ2) is 10.1. The van der Waals surface area contributed by atoms with Crippen molar-refractivity contribution in [3.8, 4) is 5.75 Å². The third-order valence-corrected chi connectivity index (χ3v) is 6.64. The van der Waals surface area contributed by atoms with E-state index >= 15 is 0 Å². The molecular weight excluding hydrogens is 402 g/mol. The lowest BCUT2D eigenvalue weighted by Crippen LogP contribution is -2.46. The maximum atomic E-state index is 13.3. The van der Waals surface area contributed by atoms with Crippen molar-refractivity contribution < 1.29 is 14.3 Å². The van der Waals surface area contributed by atoms with Crippen LogP contribution >= 0.6 is 0 Å². The fourth-order valence-corrected chi connectivity index (χ4v) is 4.82. The van der Waals surface area contributed by atoms with Gasteiger partial charge >= 0.3 is 6.03 Å². The van der Waals surface area contributed by atoms with E-state index in [2.05, 4.69) is 35.8 Å². The number of hydrogen-bond acceptors (Lipinski definition) is 3. The normalized spacial score (nSPS) is 20.2. The first-order valence-electron chi connectivity index (χ1n) is 11.6. The number of nitrogens with zero attached hydrogens (tertiary/aromatic N) is 1. The molecule has 1 fully saturated rings. The highest BCUT2D eigenvalue weighted by atomic mass is 16.5. The van der Waals surface area contributed by atoms with Crippen LogP contribution in [0, 0.1) is 12.8 Å². The zero-order chi connectivity index (χ0) is 22.5. The fourth-order valence-electron chi connectivity index (χ4n) is 4.82. The van der Waals surface area contributed by atoms with Crippen LogP contribution < -0.4 is 20.3 Å². The van der Waals surface area contributed by atoms with Gasteiger partial charge in [-0.3, -0.25) is 4.79 Å². The van der Waals surface area contributed by atoms with Crippen LogP contribution in [0.3, 0.4) is 0 Å². The van der Waals surface area contributed by atoms with Gasteiger partial charge < -0.3 is 20.3 Å². The average Bonchev–Trinajstić information content (AvgIpc) is 2.82. The smallest absolute Gasteiger partial charge is 0.315 e. The van der Waals surface area contributed by atoms with E-state index in [9.17, 15) is 9.59 Å². The lowest BCUT2D eigenvalue weighted by atomic mass is 9.84. The van der Waals surface area contributed by atoms with Crippen molar-refractivity contribution in [3.63, 3.8) is 0 Å². The van der Waals surface area contributed by atoms with Crippen molar-refractivity contribution in [3.05, 3.63) is 59.2 Å². The number of methoxy groups -OCH3 is 1. The summed E-state index contributed by atoms with van der Waals surface area (Å²) in [7, 11) is 1.63. The molecule has 6 heteroatoms. The van der Waals surface area contributed by atoms with Gasteiger partial charge in [-0.05, 0) is 74.8 Å². The highest BCUT2D eigenvalue weighted by molar-refractivity contribution is 5.96. The summed E-state index contributed by atoms with van der Waals surface area (Å²) in [5.74, 6) is 1.09. The van der Waals surface area contributed by atoms with E-state index in [1.54, 1.807) is 7.11 Å². The Bertz CT molecular complexity index is 949. The molecule has 3 amide bonds. The number of nitrogens with one attached hydrogen (secondary N) is 2. The third kappa shape index (κ3) is 5.23. The van der Waals surface area contributed by atoms with Gasteiger partial charge in [0.15, 0.2) is 0 Å². The Kier molecular flexibility index (Phi) is 6.98. The van der Waals surface area contributed by atoms with Crippen molar-refractivity contribution in [1.29, 1.82) is 0 Å². The highest BCUT2D eigenvalue weighted by Gasteiger charge is 2.32. The molecule has 0 atom stereocenters. The lowest BCUT2D eigenvalue weighted by Gasteiger charge is -2.35. The summed E-state index contributed by atoms with van der Waals surface area (Å²) in [5, 5.41) is 5.99. The number of carbonyl (C=O) groups excluding carboxylic acids is 2. The summed E-state index contributed by atoms with van der Waals surface area (Å²) in [5.41, 5.74) is 4.64. The molecule has 4 rings (SSSR count). The molecule has 170 valence electrons. The summed E-state index contributed by atoms with van der Waals surface area (Å²) in [6.45, 7) is 3.38. The first kappa shape index (κ1) is 22.2. The van der Waals surface area contributed by atoms with Gasteiger partial charge in [-0.1, -0.05) is 29.8 Å². The molecular formula is C26H33N3O3. The Morgan fingerprint density at radius 3 is 2.53 bits per heavy atom. The Morgan fingerprint density at radius 2 is 1.81 bits per heavy atom. The molecule has 2 aromatic rings. The molecule has 0 bridgehead atoms. The number of ether oxygens (including phenoxy) is 1. The third-order valence-electron chi connectivity index (χ3n) is 6.64. The van der Waals surface area contributed by atoms with E-state index in [0.29, 0.717) is 6.54 Å². The van der Waals surface area contributed by atoms with Crippen molar-refractivity contribution in [2.75, 3.05) is 18.6 Å². The number of aryl methyl sites for hydroxylation is 2. The van der Waals surface area contributed by atoms with Crippen molar-refractivity contribution in [2.45, 2.75) is 58.0 Å². The minimum Gasteiger partial charge on any atom is -0.497 e. The molecule has 0 spiro atoms. The Labute approximate surface area is 190 Å². The number of carbonyl (C=O) groups is 2. The van der Waals surface area contributed by atoms with Gasteiger partial charge in [0.2, 0.25) is 5.91 Å². The highest BCUT2D eigenvalue weighted by Crippen LogP contribution is 2.33. The molecule has 1 heterocycles. The number of amides is 3. The van der Waals surface area contributed by atoms with Gasteiger partial charge in [0, 0.05) is 30.7 Å². The zero-order valence-electron chi connectivity index (χ0n) is 19.0. The zero-order valence-corrected chi connectivity index (χ0v) is 19.0. The molecule has 32 heavy (non-hydrogen) atoms. The molecule has 1 aliphatic carbocycles. The van der Waals surface area contributed by atoms with Gasteiger partial charge in [-0.25, -0.2) is 4.79 Å². The minimum atomic E-state index is -0.157. The molecule has 0 saturated heterocycles. The van der Waals surface area contributed by atoms with Crippen LogP contribution in [-0.2, 0) is 17.8 Å². The van der Waals surface area contributed by atoms with Crippen LogP contribution in [0.2, 0.25) is 0 Å². The van der Waals surface area contributed by atoms with Crippen molar-refractivity contribution in [1.82, 2.24) is 10.6 Å². The number of hydrogen-bond donors (Lipinski definition) is 2. The number of benzene rings is 2. The van der Waals surface area contributed by atoms with Crippen LogP contribution in [0.1, 0.15) is 48.8 Å². The molecule has 0 aromatic heterocycles. The molecule has 2 aromatic carbocycles. The summed E-state index contributed by atoms with van der Waals surface area (Å²) in [6, 6.07) is 14.0. The molecule has 0 unspecified atom stereocenters. The van der Waals surface area contributed by atoms with E-state index in [4.69, 9.17) is 4.74 Å². The monoisotopic (exact) mass is 435 g/mol. The van der Waals surface area contributed by atoms with E-state index in [-0.39, 0.29) is 23.9 Å². The van der Waals surface area contributed by atoms with E-state index in [0.717, 1.165) is 62.1 Å². The predicted octanol–water partition coefficient (Wildman–Crippen LogP) is 4.34. The molecule has 2 N–H and O–H groups in total. The standard InChI is InChI=1S/C26H33N3O3/c1-18-5-14-24-21(16-18)4-3-15-29(24)25(30)20-8-10-22(11-9-20)28-26(31)27-17-19-6-12-23(32-2)13-7-19/h5-7,12-14,16,20,22H,3-4,8-11,15,17H2,1-2H3,(H2,27,28,31). The maximum Gasteiger partial charge on any atom is 0.315 e. The summed E-state index contributed by atoms with van der Waals surface area (Å²) in [6.07, 6.45) is 5.37. The fraction of sp³-hybridized carbons (Fsp3) is 0.462. The molecule has 1 aliphatic heterocycles. The Morgan fingerprint density at radius 1 is 1.06 bits per heavy atom. The summed E-state index contributed by atoms with van der Waals surface area (Å²) < 4.78 is 5.15. The molecule has 6 nitrogen and oxygen atoms in total. The lowest BCUT2D eigenvalue weighted by molar-refractivity contribution is -0.123. The largest absolute Gasteiger partial charge is 0.497 e.